The Morgan fingerprint density at radius 3 is 2.68 bits per heavy atom. The third kappa shape index (κ3) is 2.25. The molecule has 0 saturated heterocycles. The first-order valence-electron chi connectivity index (χ1n) is 6.62. The molecule has 0 bridgehead atoms. The monoisotopic (exact) mass is 310 g/mol. The second-order valence-corrected chi connectivity index (χ2v) is 5.53. The summed E-state index contributed by atoms with van der Waals surface area (Å²) in [6, 6.07) is 14.7. The van der Waals surface area contributed by atoms with Gasteiger partial charge in [0.05, 0.1) is 5.39 Å². The number of hydrogen-bond donors (Lipinski definition) is 0. The molecule has 0 amide bonds. The van der Waals surface area contributed by atoms with Crippen LogP contribution in [-0.2, 0) is 5.88 Å². The third-order valence-electron chi connectivity index (χ3n) is 3.21. The van der Waals surface area contributed by atoms with Crippen molar-refractivity contribution in [3.63, 3.8) is 0 Å². The van der Waals surface area contributed by atoms with Crippen LogP contribution >= 0.6 is 11.8 Å². The Hall–Kier alpha value is -2.67. The molecule has 0 N–H and O–H groups in total. The number of fused-ring (bicyclic) bond motifs is 2. The number of para-hydroxylation sites is 2. The van der Waals surface area contributed by atoms with E-state index < -0.39 is 0 Å². The maximum Gasteiger partial charge on any atom is 0.278 e. The first-order chi connectivity index (χ1) is 10.8. The Morgan fingerprint density at radius 1 is 1.05 bits per heavy atom. The largest absolute Gasteiger partial charge is 0.431 e. The van der Waals surface area contributed by atoms with Crippen molar-refractivity contribution >= 4 is 33.8 Å². The second kappa shape index (κ2) is 5.27. The highest BCUT2D eigenvalue weighted by Gasteiger charge is 2.09. The van der Waals surface area contributed by atoms with E-state index in [4.69, 9.17) is 4.42 Å². The Bertz CT molecular complexity index is 992. The molecule has 0 spiro atoms. The predicted octanol–water partition coefficient (Wildman–Crippen LogP) is 2.68. The van der Waals surface area contributed by atoms with Crippen molar-refractivity contribution in [1.82, 2.24) is 20.0 Å². The van der Waals surface area contributed by atoms with E-state index in [-0.39, 0.29) is 5.56 Å². The summed E-state index contributed by atoms with van der Waals surface area (Å²) in [6.45, 7) is 0. The molecule has 0 aliphatic rings. The molecule has 4 aromatic rings. The number of aromatic nitrogens is 4. The van der Waals surface area contributed by atoms with Crippen LogP contribution in [0.4, 0.5) is 0 Å². The van der Waals surface area contributed by atoms with E-state index in [9.17, 15) is 4.79 Å². The fraction of sp³-hybridized carbons (Fsp3) is 0.0667. The van der Waals surface area contributed by atoms with E-state index >= 15 is 0 Å². The SMILES string of the molecule is O=c1c2ccccc2nnn1CSc1nc2ccccc2o1. The Morgan fingerprint density at radius 2 is 1.82 bits per heavy atom. The van der Waals surface area contributed by atoms with Crippen LogP contribution in [0.5, 0.6) is 0 Å². The predicted molar refractivity (Wildman–Crippen MR) is 83.7 cm³/mol. The lowest BCUT2D eigenvalue weighted by molar-refractivity contribution is 0.487. The van der Waals surface area contributed by atoms with Crippen LogP contribution in [0.15, 0.2) is 63.0 Å². The lowest BCUT2D eigenvalue weighted by atomic mass is 10.2. The van der Waals surface area contributed by atoms with Gasteiger partial charge in [-0.15, -0.1) is 5.10 Å². The summed E-state index contributed by atoms with van der Waals surface area (Å²) in [5.74, 6) is 0.295. The van der Waals surface area contributed by atoms with Gasteiger partial charge in [0.1, 0.15) is 16.9 Å². The summed E-state index contributed by atoms with van der Waals surface area (Å²) in [4.78, 5) is 16.7. The van der Waals surface area contributed by atoms with Crippen LogP contribution in [0.2, 0.25) is 0 Å². The molecule has 6 nitrogen and oxygen atoms in total. The average Bonchev–Trinajstić information content (AvgIpc) is 2.97. The topological polar surface area (TPSA) is 73.8 Å². The minimum atomic E-state index is -0.172. The van der Waals surface area contributed by atoms with Gasteiger partial charge in [-0.1, -0.05) is 29.5 Å². The molecule has 0 aliphatic heterocycles. The van der Waals surface area contributed by atoms with Gasteiger partial charge in [0.15, 0.2) is 5.58 Å². The van der Waals surface area contributed by atoms with Gasteiger partial charge in [-0.3, -0.25) is 4.79 Å². The number of rotatable bonds is 3. The molecular weight excluding hydrogens is 300 g/mol. The van der Waals surface area contributed by atoms with Gasteiger partial charge in [-0.25, -0.2) is 4.98 Å². The van der Waals surface area contributed by atoms with Crippen LogP contribution in [0.3, 0.4) is 0 Å². The minimum Gasteiger partial charge on any atom is -0.431 e. The fourth-order valence-electron chi connectivity index (χ4n) is 2.14. The highest BCUT2D eigenvalue weighted by Crippen LogP contribution is 2.23. The molecule has 7 heteroatoms. The first kappa shape index (κ1) is 13.0. The van der Waals surface area contributed by atoms with Gasteiger partial charge >= 0.3 is 0 Å². The van der Waals surface area contributed by atoms with Gasteiger partial charge in [-0.05, 0) is 36.0 Å². The van der Waals surface area contributed by atoms with Crippen molar-refractivity contribution in [3.8, 4) is 0 Å². The van der Waals surface area contributed by atoms with E-state index in [1.54, 1.807) is 12.1 Å². The number of thioether (sulfide) groups is 1. The van der Waals surface area contributed by atoms with E-state index in [1.165, 1.54) is 16.4 Å². The zero-order valence-electron chi connectivity index (χ0n) is 11.3. The van der Waals surface area contributed by atoms with Crippen molar-refractivity contribution in [2.45, 2.75) is 11.1 Å². The Balaban J connectivity index is 1.63. The Labute approximate surface area is 128 Å². The molecule has 22 heavy (non-hydrogen) atoms. The summed E-state index contributed by atoms with van der Waals surface area (Å²) >= 11 is 1.30. The van der Waals surface area contributed by atoms with Gasteiger partial charge in [0.2, 0.25) is 0 Å². The highest BCUT2D eigenvalue weighted by atomic mass is 32.2. The van der Waals surface area contributed by atoms with Crippen LogP contribution in [0.1, 0.15) is 0 Å². The van der Waals surface area contributed by atoms with Crippen molar-refractivity contribution in [2.75, 3.05) is 0 Å². The zero-order chi connectivity index (χ0) is 14.9. The molecule has 0 aliphatic carbocycles. The maximum absolute atomic E-state index is 12.3. The summed E-state index contributed by atoms with van der Waals surface area (Å²) in [5, 5.41) is 9.04. The molecule has 0 atom stereocenters. The van der Waals surface area contributed by atoms with Gasteiger partial charge in [0, 0.05) is 0 Å². The molecule has 4 rings (SSSR count). The van der Waals surface area contributed by atoms with Crippen LogP contribution in [0, 0.1) is 0 Å². The first-order valence-corrected chi connectivity index (χ1v) is 7.61. The molecule has 0 saturated carbocycles. The van der Waals surface area contributed by atoms with Crippen LogP contribution < -0.4 is 5.56 Å². The standard InChI is InChI=1S/C15H10N4O2S/c20-14-10-5-1-2-6-11(10)17-18-19(14)9-22-15-16-12-7-3-4-8-13(12)21-15/h1-8H,9H2. The molecule has 2 heterocycles. The van der Waals surface area contributed by atoms with Crippen molar-refractivity contribution in [2.24, 2.45) is 0 Å². The molecule has 0 radical (unpaired) electrons. The summed E-state index contributed by atoms with van der Waals surface area (Å²) < 4.78 is 6.91. The average molecular weight is 310 g/mol. The van der Waals surface area contributed by atoms with Crippen molar-refractivity contribution in [1.29, 1.82) is 0 Å². The number of nitrogens with zero attached hydrogens (tertiary/aromatic N) is 4. The lowest BCUT2D eigenvalue weighted by Gasteiger charge is -2.02. The van der Waals surface area contributed by atoms with E-state index in [0.29, 0.717) is 22.0 Å². The van der Waals surface area contributed by atoms with Crippen LogP contribution in [-0.4, -0.2) is 20.0 Å². The van der Waals surface area contributed by atoms with Crippen molar-refractivity contribution in [3.05, 3.63) is 58.9 Å². The zero-order valence-corrected chi connectivity index (χ0v) is 12.2. The van der Waals surface area contributed by atoms with E-state index in [2.05, 4.69) is 15.3 Å². The van der Waals surface area contributed by atoms with E-state index in [1.807, 2.05) is 36.4 Å². The number of oxazole rings is 1. The lowest BCUT2D eigenvalue weighted by Crippen LogP contribution is -2.23. The van der Waals surface area contributed by atoms with E-state index in [0.717, 1.165) is 11.1 Å². The number of benzene rings is 2. The van der Waals surface area contributed by atoms with Gasteiger partial charge < -0.3 is 4.42 Å². The van der Waals surface area contributed by atoms with Gasteiger partial charge in [0.25, 0.3) is 10.8 Å². The quantitative estimate of drug-likeness (QED) is 0.542. The maximum atomic E-state index is 12.3. The molecule has 0 unspecified atom stereocenters. The van der Waals surface area contributed by atoms with Crippen LogP contribution in [0.25, 0.3) is 22.0 Å². The normalized spacial score (nSPS) is 11.3. The summed E-state index contributed by atoms with van der Waals surface area (Å²) in [5.41, 5.74) is 1.94. The number of hydrogen-bond acceptors (Lipinski definition) is 6. The molecular formula is C15H10N4O2S. The second-order valence-electron chi connectivity index (χ2n) is 4.63. The van der Waals surface area contributed by atoms with Crippen molar-refractivity contribution < 1.29 is 4.42 Å². The molecule has 108 valence electrons. The smallest absolute Gasteiger partial charge is 0.278 e. The molecule has 2 aromatic heterocycles. The van der Waals surface area contributed by atoms with Gasteiger partial charge in [-0.2, -0.15) is 4.68 Å². The minimum absolute atomic E-state index is 0.172. The third-order valence-corrected chi connectivity index (χ3v) is 4.01. The molecule has 2 aromatic carbocycles. The highest BCUT2D eigenvalue weighted by molar-refractivity contribution is 7.98. The molecule has 0 fully saturated rings. The fourth-order valence-corrected chi connectivity index (χ4v) is 2.85. The summed E-state index contributed by atoms with van der Waals surface area (Å²) in [7, 11) is 0. The Kier molecular flexibility index (Phi) is 3.12. The summed E-state index contributed by atoms with van der Waals surface area (Å²) in [6.07, 6.45) is 0.